The molecule has 1 N–H and O–H groups in total. The van der Waals surface area contributed by atoms with Gasteiger partial charge in [-0.25, -0.2) is 8.42 Å². The van der Waals surface area contributed by atoms with Crippen molar-refractivity contribution < 1.29 is 22.7 Å². The number of carbonyl (C=O) groups is 1. The van der Waals surface area contributed by atoms with Crippen LogP contribution >= 0.6 is 11.6 Å². The highest BCUT2D eigenvalue weighted by Crippen LogP contribution is 2.23. The first-order chi connectivity index (χ1) is 12.2. The average Bonchev–Trinajstić information content (AvgIpc) is 2.59. The van der Waals surface area contributed by atoms with Crippen LogP contribution in [0, 0.1) is 6.92 Å². The van der Waals surface area contributed by atoms with E-state index < -0.39 is 22.0 Å². The molecule has 1 atom stereocenters. The lowest BCUT2D eigenvalue weighted by Crippen LogP contribution is -2.39. The van der Waals surface area contributed by atoms with Crippen molar-refractivity contribution in [1.82, 2.24) is 4.72 Å². The molecule has 0 amide bonds. The molecular weight excluding hydrogens is 378 g/mol. The van der Waals surface area contributed by atoms with E-state index in [1.165, 1.54) is 26.2 Å². The molecule has 0 spiro atoms. The van der Waals surface area contributed by atoms with Gasteiger partial charge in [-0.15, -0.1) is 0 Å². The van der Waals surface area contributed by atoms with Gasteiger partial charge in [0.2, 0.25) is 10.0 Å². The number of esters is 1. The minimum absolute atomic E-state index is 0.0826. The normalized spacial score (nSPS) is 12.5. The van der Waals surface area contributed by atoms with Crippen LogP contribution < -0.4 is 9.46 Å². The number of halogens is 1. The van der Waals surface area contributed by atoms with E-state index in [2.05, 4.69) is 4.72 Å². The molecule has 0 aliphatic carbocycles. The van der Waals surface area contributed by atoms with Crippen molar-refractivity contribution in [2.75, 3.05) is 7.11 Å². The molecule has 0 radical (unpaired) electrons. The molecule has 2 aromatic rings. The van der Waals surface area contributed by atoms with Gasteiger partial charge in [-0.05, 0) is 44.2 Å². The number of rotatable bonds is 7. The molecule has 140 valence electrons. The fourth-order valence-electron chi connectivity index (χ4n) is 2.20. The zero-order valence-corrected chi connectivity index (χ0v) is 16.2. The molecule has 6 nitrogen and oxygen atoms in total. The van der Waals surface area contributed by atoms with Gasteiger partial charge < -0.3 is 9.47 Å². The number of aryl methyl sites for hydroxylation is 1. The Kier molecular flexibility index (Phi) is 6.63. The third-order valence-corrected chi connectivity index (χ3v) is 5.42. The van der Waals surface area contributed by atoms with Crippen molar-refractivity contribution >= 4 is 27.6 Å². The predicted octanol–water partition coefficient (Wildman–Crippen LogP) is 3.07. The second-order valence-electron chi connectivity index (χ2n) is 5.72. The number of carbonyl (C=O) groups excluding carboxylic acids is 1. The van der Waals surface area contributed by atoms with Crippen LogP contribution in [-0.4, -0.2) is 27.5 Å². The molecule has 0 bridgehead atoms. The van der Waals surface area contributed by atoms with Crippen LogP contribution in [0.2, 0.25) is 5.02 Å². The monoisotopic (exact) mass is 397 g/mol. The molecule has 26 heavy (non-hydrogen) atoms. The molecule has 2 aromatic carbocycles. The quantitative estimate of drug-likeness (QED) is 0.726. The Labute approximate surface area is 158 Å². The van der Waals surface area contributed by atoms with Gasteiger partial charge >= 0.3 is 5.97 Å². The van der Waals surface area contributed by atoms with Crippen molar-refractivity contribution in [1.29, 1.82) is 0 Å². The van der Waals surface area contributed by atoms with Gasteiger partial charge in [0.05, 0.1) is 12.0 Å². The minimum atomic E-state index is -3.82. The van der Waals surface area contributed by atoms with Gasteiger partial charge in [0.25, 0.3) is 0 Å². The first kappa shape index (κ1) is 20.2. The summed E-state index contributed by atoms with van der Waals surface area (Å²) in [5.74, 6) is -0.183. The Bertz CT molecular complexity index is 881. The second kappa shape index (κ2) is 8.53. The standard InChI is InChI=1S/C18H20ClNO5S/c1-12-4-7-16(8-5-12)26(22,23)20-13(2)18(21)25-11-14-10-15(19)6-9-17(14)24-3/h4-10,13,20H,11H2,1-3H3/t13-/m0/s1. The maximum Gasteiger partial charge on any atom is 0.324 e. The Hall–Kier alpha value is -2.09. The molecule has 0 fully saturated rings. The van der Waals surface area contributed by atoms with Gasteiger partial charge in [0.15, 0.2) is 0 Å². The minimum Gasteiger partial charge on any atom is -0.496 e. The highest BCUT2D eigenvalue weighted by Gasteiger charge is 2.23. The largest absolute Gasteiger partial charge is 0.496 e. The average molecular weight is 398 g/mol. The van der Waals surface area contributed by atoms with E-state index >= 15 is 0 Å². The first-order valence-electron chi connectivity index (χ1n) is 7.81. The summed E-state index contributed by atoms with van der Waals surface area (Å²) in [4.78, 5) is 12.2. The summed E-state index contributed by atoms with van der Waals surface area (Å²) >= 11 is 5.93. The number of nitrogens with one attached hydrogen (secondary N) is 1. The molecule has 2 rings (SSSR count). The third-order valence-electron chi connectivity index (χ3n) is 3.63. The summed E-state index contributed by atoms with van der Waals surface area (Å²) in [7, 11) is -2.33. The maximum absolute atomic E-state index is 12.3. The topological polar surface area (TPSA) is 81.7 Å². The predicted molar refractivity (Wildman–Crippen MR) is 98.8 cm³/mol. The molecule has 0 aromatic heterocycles. The summed E-state index contributed by atoms with van der Waals surface area (Å²) in [5.41, 5.74) is 1.52. The second-order valence-corrected chi connectivity index (χ2v) is 7.87. The fraction of sp³-hybridized carbons (Fsp3) is 0.278. The Morgan fingerprint density at radius 1 is 1.19 bits per heavy atom. The SMILES string of the molecule is COc1ccc(Cl)cc1COC(=O)[C@H](C)NS(=O)(=O)c1ccc(C)cc1. The Morgan fingerprint density at radius 3 is 2.46 bits per heavy atom. The number of benzene rings is 2. The number of sulfonamides is 1. The lowest BCUT2D eigenvalue weighted by molar-refractivity contribution is -0.146. The maximum atomic E-state index is 12.3. The van der Waals surface area contributed by atoms with Crippen LogP contribution in [0.25, 0.3) is 0 Å². The van der Waals surface area contributed by atoms with Crippen molar-refractivity contribution in [2.24, 2.45) is 0 Å². The molecular formula is C18H20ClNO5S. The van der Waals surface area contributed by atoms with E-state index in [0.717, 1.165) is 5.56 Å². The molecule has 0 saturated heterocycles. The van der Waals surface area contributed by atoms with E-state index in [1.54, 1.807) is 30.3 Å². The summed E-state index contributed by atoms with van der Waals surface area (Å²) < 4.78 is 37.3. The van der Waals surface area contributed by atoms with Crippen molar-refractivity contribution in [3.8, 4) is 5.75 Å². The lowest BCUT2D eigenvalue weighted by Gasteiger charge is -2.15. The Morgan fingerprint density at radius 2 is 1.85 bits per heavy atom. The first-order valence-corrected chi connectivity index (χ1v) is 9.67. The zero-order chi connectivity index (χ0) is 19.3. The number of methoxy groups -OCH3 is 1. The van der Waals surface area contributed by atoms with Crippen molar-refractivity contribution in [3.63, 3.8) is 0 Å². The van der Waals surface area contributed by atoms with Gasteiger partial charge in [-0.3, -0.25) is 4.79 Å². The van der Waals surface area contributed by atoms with E-state index in [-0.39, 0.29) is 11.5 Å². The van der Waals surface area contributed by atoms with Crippen molar-refractivity contribution in [2.45, 2.75) is 31.4 Å². The van der Waals surface area contributed by atoms with Crippen molar-refractivity contribution in [3.05, 3.63) is 58.6 Å². The van der Waals surface area contributed by atoms with Crippen LogP contribution in [0.4, 0.5) is 0 Å². The number of ether oxygens (including phenoxy) is 2. The van der Waals surface area contributed by atoms with Gasteiger partial charge in [-0.2, -0.15) is 4.72 Å². The summed E-state index contributed by atoms with van der Waals surface area (Å²) in [6.45, 7) is 3.19. The summed E-state index contributed by atoms with van der Waals surface area (Å²) in [5, 5.41) is 0.477. The van der Waals surface area contributed by atoms with E-state index in [9.17, 15) is 13.2 Å². The van der Waals surface area contributed by atoms with Crippen LogP contribution in [0.5, 0.6) is 5.75 Å². The Balaban J connectivity index is 2.01. The van der Waals surface area contributed by atoms with Crippen LogP contribution in [-0.2, 0) is 26.2 Å². The highest BCUT2D eigenvalue weighted by molar-refractivity contribution is 7.89. The van der Waals surface area contributed by atoms with Crippen LogP contribution in [0.3, 0.4) is 0 Å². The third kappa shape index (κ3) is 5.20. The van der Waals surface area contributed by atoms with Crippen LogP contribution in [0.15, 0.2) is 47.4 Å². The smallest absolute Gasteiger partial charge is 0.324 e. The lowest BCUT2D eigenvalue weighted by atomic mass is 10.2. The molecule has 0 unspecified atom stereocenters. The van der Waals surface area contributed by atoms with Gasteiger partial charge in [-0.1, -0.05) is 29.3 Å². The summed E-state index contributed by atoms with van der Waals surface area (Å²) in [6.07, 6.45) is 0. The number of hydrogen-bond donors (Lipinski definition) is 1. The summed E-state index contributed by atoms with van der Waals surface area (Å²) in [6, 6.07) is 10.2. The van der Waals surface area contributed by atoms with E-state index in [4.69, 9.17) is 21.1 Å². The molecule has 8 heteroatoms. The zero-order valence-electron chi connectivity index (χ0n) is 14.7. The molecule has 0 aliphatic heterocycles. The highest BCUT2D eigenvalue weighted by atomic mass is 35.5. The number of hydrogen-bond acceptors (Lipinski definition) is 5. The van der Waals surface area contributed by atoms with E-state index in [0.29, 0.717) is 16.3 Å². The molecule has 0 heterocycles. The molecule has 0 saturated carbocycles. The van der Waals surface area contributed by atoms with Crippen LogP contribution in [0.1, 0.15) is 18.1 Å². The molecule has 0 aliphatic rings. The van der Waals surface area contributed by atoms with Gasteiger partial charge in [0, 0.05) is 10.6 Å². The fourth-order valence-corrected chi connectivity index (χ4v) is 3.59. The van der Waals surface area contributed by atoms with E-state index in [1.807, 2.05) is 6.92 Å². The van der Waals surface area contributed by atoms with Gasteiger partial charge in [0.1, 0.15) is 18.4 Å².